The van der Waals surface area contributed by atoms with Crippen molar-refractivity contribution in [1.29, 1.82) is 0 Å². The first kappa shape index (κ1) is 19.7. The van der Waals surface area contributed by atoms with Crippen molar-refractivity contribution >= 4 is 29.4 Å². The molecule has 2 amide bonds. The zero-order valence-corrected chi connectivity index (χ0v) is 16.5. The Balaban J connectivity index is 1.60. The molecule has 28 heavy (non-hydrogen) atoms. The van der Waals surface area contributed by atoms with Crippen LogP contribution in [0.1, 0.15) is 24.3 Å². The number of amides is 2. The van der Waals surface area contributed by atoms with Gasteiger partial charge < -0.3 is 20.0 Å². The predicted octanol–water partition coefficient (Wildman–Crippen LogP) is 2.59. The molecule has 1 aliphatic heterocycles. The molecule has 1 N–H and O–H groups in total. The van der Waals surface area contributed by atoms with Crippen LogP contribution in [0.5, 0.6) is 0 Å². The number of nitrogens with one attached hydrogen (secondary N) is 1. The third kappa shape index (κ3) is 4.60. The summed E-state index contributed by atoms with van der Waals surface area (Å²) in [5, 5.41) is 3.31. The highest BCUT2D eigenvalue weighted by molar-refractivity contribution is 5.92. The van der Waals surface area contributed by atoms with Crippen LogP contribution in [-0.4, -0.2) is 66.4 Å². The fourth-order valence-electron chi connectivity index (χ4n) is 3.30. The highest BCUT2D eigenvalue weighted by atomic mass is 16.2. The van der Waals surface area contributed by atoms with Crippen molar-refractivity contribution in [2.24, 2.45) is 0 Å². The molecule has 1 fully saturated rings. The van der Waals surface area contributed by atoms with Crippen LogP contribution in [0, 0.1) is 0 Å². The summed E-state index contributed by atoms with van der Waals surface area (Å²) in [6.07, 6.45) is 2.50. The first-order valence-corrected chi connectivity index (χ1v) is 9.71. The number of pyridine rings is 1. The summed E-state index contributed by atoms with van der Waals surface area (Å²) in [6, 6.07) is 11.9. The van der Waals surface area contributed by atoms with Crippen molar-refractivity contribution in [1.82, 2.24) is 14.8 Å². The Morgan fingerprint density at radius 1 is 1.04 bits per heavy atom. The van der Waals surface area contributed by atoms with Gasteiger partial charge in [0.25, 0.3) is 5.91 Å². The van der Waals surface area contributed by atoms with Gasteiger partial charge in [-0.25, -0.2) is 4.98 Å². The summed E-state index contributed by atoms with van der Waals surface area (Å²) in [5.41, 5.74) is 3.42. The van der Waals surface area contributed by atoms with Gasteiger partial charge >= 0.3 is 0 Å². The zero-order valence-electron chi connectivity index (χ0n) is 16.5. The smallest absolute Gasteiger partial charge is 0.272 e. The van der Waals surface area contributed by atoms with Crippen LogP contribution >= 0.6 is 0 Å². The lowest BCUT2D eigenvalue weighted by Gasteiger charge is -2.32. The highest BCUT2D eigenvalue weighted by Gasteiger charge is 2.22. The van der Waals surface area contributed by atoms with Gasteiger partial charge in [0, 0.05) is 50.6 Å². The summed E-state index contributed by atoms with van der Waals surface area (Å²) >= 11 is 0. The fourth-order valence-corrected chi connectivity index (χ4v) is 3.30. The van der Waals surface area contributed by atoms with E-state index < -0.39 is 0 Å². The Kier molecular flexibility index (Phi) is 6.47. The standard InChI is InChI=1S/C21H27N5O2/c1-3-25(4-2)19-8-5-17(6-9-19)23-18-7-10-20(22-15-18)21(28)26-13-11-24(16-27)12-14-26/h5-10,15-16,23H,3-4,11-14H2,1-2H3. The average Bonchev–Trinajstić information content (AvgIpc) is 2.76. The Morgan fingerprint density at radius 2 is 1.68 bits per heavy atom. The number of nitrogens with zero attached hydrogens (tertiary/aromatic N) is 4. The van der Waals surface area contributed by atoms with Gasteiger partial charge in [0.2, 0.25) is 6.41 Å². The van der Waals surface area contributed by atoms with Crippen molar-refractivity contribution in [2.45, 2.75) is 13.8 Å². The molecule has 0 aliphatic carbocycles. The van der Waals surface area contributed by atoms with Crippen molar-refractivity contribution in [3.8, 4) is 0 Å². The summed E-state index contributed by atoms with van der Waals surface area (Å²) in [4.78, 5) is 33.4. The summed E-state index contributed by atoms with van der Waals surface area (Å²) in [7, 11) is 0. The lowest BCUT2D eigenvalue weighted by atomic mass is 10.2. The first-order valence-electron chi connectivity index (χ1n) is 9.71. The SMILES string of the molecule is CCN(CC)c1ccc(Nc2ccc(C(=O)N3CCN(C=O)CC3)nc2)cc1. The molecule has 3 rings (SSSR count). The quantitative estimate of drug-likeness (QED) is 0.747. The zero-order chi connectivity index (χ0) is 19.9. The second-order valence-corrected chi connectivity index (χ2v) is 6.71. The Bertz CT molecular complexity index is 779. The van der Waals surface area contributed by atoms with Gasteiger partial charge in [0.05, 0.1) is 11.9 Å². The van der Waals surface area contributed by atoms with Crippen LogP contribution in [0.15, 0.2) is 42.6 Å². The van der Waals surface area contributed by atoms with Crippen molar-refractivity contribution < 1.29 is 9.59 Å². The van der Waals surface area contributed by atoms with Gasteiger partial charge in [-0.3, -0.25) is 9.59 Å². The number of hydrogen-bond acceptors (Lipinski definition) is 5. The number of carbonyl (C=O) groups excluding carboxylic acids is 2. The molecule has 0 saturated carbocycles. The summed E-state index contributed by atoms with van der Waals surface area (Å²) in [6.45, 7) is 8.46. The van der Waals surface area contributed by atoms with E-state index >= 15 is 0 Å². The molecule has 7 nitrogen and oxygen atoms in total. The molecule has 1 aromatic carbocycles. The minimum absolute atomic E-state index is 0.0966. The van der Waals surface area contributed by atoms with Gasteiger partial charge in [0.1, 0.15) is 5.69 Å². The molecule has 1 aliphatic rings. The molecule has 1 saturated heterocycles. The second-order valence-electron chi connectivity index (χ2n) is 6.71. The number of carbonyl (C=O) groups is 2. The van der Waals surface area contributed by atoms with Crippen molar-refractivity contribution in [3.05, 3.63) is 48.3 Å². The molecule has 2 aromatic rings. The van der Waals surface area contributed by atoms with Gasteiger partial charge in [-0.05, 0) is 50.2 Å². The van der Waals surface area contributed by atoms with E-state index in [1.807, 2.05) is 18.2 Å². The van der Waals surface area contributed by atoms with E-state index in [2.05, 4.69) is 41.2 Å². The Hall–Kier alpha value is -3.09. The van der Waals surface area contributed by atoms with E-state index in [0.29, 0.717) is 31.9 Å². The number of rotatable bonds is 7. The molecule has 1 aromatic heterocycles. The minimum atomic E-state index is -0.0966. The third-order valence-corrected chi connectivity index (χ3v) is 5.02. The van der Waals surface area contributed by atoms with Crippen molar-refractivity contribution in [3.63, 3.8) is 0 Å². The number of anilines is 3. The molecule has 0 spiro atoms. The molecule has 0 bridgehead atoms. The highest BCUT2D eigenvalue weighted by Crippen LogP contribution is 2.21. The van der Waals surface area contributed by atoms with E-state index in [0.717, 1.165) is 30.9 Å². The predicted molar refractivity (Wildman–Crippen MR) is 111 cm³/mol. The number of hydrogen-bond donors (Lipinski definition) is 1. The van der Waals surface area contributed by atoms with E-state index in [1.165, 1.54) is 5.69 Å². The minimum Gasteiger partial charge on any atom is -0.372 e. The van der Waals surface area contributed by atoms with Gasteiger partial charge in [0.15, 0.2) is 0 Å². The summed E-state index contributed by atoms with van der Waals surface area (Å²) in [5.74, 6) is -0.0966. The van der Waals surface area contributed by atoms with Gasteiger partial charge in [-0.15, -0.1) is 0 Å². The van der Waals surface area contributed by atoms with E-state index in [9.17, 15) is 9.59 Å². The van der Waals surface area contributed by atoms with Gasteiger partial charge in [-0.2, -0.15) is 0 Å². The first-order chi connectivity index (χ1) is 13.6. The maximum absolute atomic E-state index is 12.6. The Morgan fingerprint density at radius 3 is 2.21 bits per heavy atom. The monoisotopic (exact) mass is 381 g/mol. The van der Waals surface area contributed by atoms with Crippen LogP contribution in [0.3, 0.4) is 0 Å². The van der Waals surface area contributed by atoms with Crippen LogP contribution in [0.2, 0.25) is 0 Å². The summed E-state index contributed by atoms with van der Waals surface area (Å²) < 4.78 is 0. The van der Waals surface area contributed by atoms with E-state index in [1.54, 1.807) is 22.1 Å². The third-order valence-electron chi connectivity index (χ3n) is 5.02. The van der Waals surface area contributed by atoms with Gasteiger partial charge in [-0.1, -0.05) is 0 Å². The van der Waals surface area contributed by atoms with E-state index in [4.69, 9.17) is 0 Å². The van der Waals surface area contributed by atoms with Crippen LogP contribution in [0.4, 0.5) is 17.1 Å². The number of aromatic nitrogens is 1. The molecular formula is C21H27N5O2. The lowest BCUT2D eigenvalue weighted by molar-refractivity contribution is -0.119. The molecule has 7 heteroatoms. The molecule has 0 atom stereocenters. The maximum atomic E-state index is 12.6. The average molecular weight is 381 g/mol. The number of benzene rings is 1. The maximum Gasteiger partial charge on any atom is 0.272 e. The van der Waals surface area contributed by atoms with E-state index in [-0.39, 0.29) is 5.91 Å². The topological polar surface area (TPSA) is 68.8 Å². The lowest BCUT2D eigenvalue weighted by Crippen LogP contribution is -2.48. The van der Waals surface area contributed by atoms with Crippen LogP contribution < -0.4 is 10.2 Å². The fraction of sp³-hybridized carbons (Fsp3) is 0.381. The Labute approximate surface area is 166 Å². The normalized spacial score (nSPS) is 13.9. The largest absolute Gasteiger partial charge is 0.372 e. The van der Waals surface area contributed by atoms with Crippen LogP contribution in [-0.2, 0) is 4.79 Å². The number of piperazine rings is 1. The van der Waals surface area contributed by atoms with Crippen LogP contribution in [0.25, 0.3) is 0 Å². The molecule has 0 unspecified atom stereocenters. The molecular weight excluding hydrogens is 354 g/mol. The molecule has 0 radical (unpaired) electrons. The van der Waals surface area contributed by atoms with Crippen molar-refractivity contribution in [2.75, 3.05) is 49.5 Å². The molecule has 148 valence electrons. The molecule has 2 heterocycles. The second kappa shape index (κ2) is 9.21.